The van der Waals surface area contributed by atoms with E-state index in [1.165, 1.54) is 38.5 Å². The number of aromatic carboxylic acids is 1. The molecule has 1 fully saturated rings. The summed E-state index contributed by atoms with van der Waals surface area (Å²) in [5.74, 6) is -3.42. The summed E-state index contributed by atoms with van der Waals surface area (Å²) in [6.07, 6.45) is -5.08. The summed E-state index contributed by atoms with van der Waals surface area (Å²) in [5.41, 5.74) is 0.650. The predicted molar refractivity (Wildman–Crippen MR) is 120 cm³/mol. The molecule has 1 heterocycles. The lowest BCUT2D eigenvalue weighted by molar-refractivity contribution is -0.192. The van der Waals surface area contributed by atoms with E-state index in [4.69, 9.17) is 24.1 Å². The monoisotopic (exact) mass is 536 g/mol. The number of morpholine rings is 1. The van der Waals surface area contributed by atoms with Crippen LogP contribution in [-0.2, 0) is 19.6 Å². The van der Waals surface area contributed by atoms with Crippen molar-refractivity contribution in [2.45, 2.75) is 11.1 Å². The van der Waals surface area contributed by atoms with Crippen molar-refractivity contribution < 1.29 is 55.6 Å². The van der Waals surface area contributed by atoms with Gasteiger partial charge in [-0.25, -0.2) is 18.0 Å². The number of nitrogens with one attached hydrogen (secondary N) is 1. The molecule has 1 aliphatic rings. The number of halogens is 3. The molecule has 2 aromatic rings. The molecule has 11 nitrogen and oxygen atoms in total. The third-order valence-electron chi connectivity index (χ3n) is 4.73. The molecule has 0 aromatic heterocycles. The van der Waals surface area contributed by atoms with Gasteiger partial charge in [0.25, 0.3) is 10.0 Å². The van der Waals surface area contributed by atoms with Crippen molar-refractivity contribution in [3.05, 3.63) is 42.0 Å². The molecule has 0 spiro atoms. The van der Waals surface area contributed by atoms with Crippen molar-refractivity contribution in [1.29, 1.82) is 0 Å². The van der Waals surface area contributed by atoms with Crippen molar-refractivity contribution in [3.63, 3.8) is 0 Å². The van der Waals surface area contributed by atoms with Crippen LogP contribution in [0.1, 0.15) is 10.4 Å². The third kappa shape index (κ3) is 7.39. The van der Waals surface area contributed by atoms with Crippen LogP contribution in [-0.4, -0.2) is 77.3 Å². The molecule has 0 atom stereocenters. The molecule has 0 saturated carbocycles. The standard InChI is InChI=1S/C19H22N2O7S.C2HF3O2/c1-26-14-4-6-17(27-2)18(12-14)29(24,25)20-13-3-5-16(15(11-13)19(22)23)21-7-9-28-10-8-21;3-2(4,5)1(6)7/h3-6,11-12,20H,7-10H2,1-2H3,(H,22,23);(H,6,7). The van der Waals surface area contributed by atoms with Crippen LogP contribution in [0.15, 0.2) is 41.3 Å². The van der Waals surface area contributed by atoms with Gasteiger partial charge in [-0.05, 0) is 30.3 Å². The molecular weight excluding hydrogens is 513 g/mol. The number of benzene rings is 2. The first-order valence-corrected chi connectivity index (χ1v) is 11.5. The number of carboxylic acid groups (broad SMARTS) is 2. The fourth-order valence-electron chi connectivity index (χ4n) is 3.05. The number of carboxylic acids is 2. The van der Waals surface area contributed by atoms with E-state index >= 15 is 0 Å². The van der Waals surface area contributed by atoms with Gasteiger partial charge in [0.15, 0.2) is 0 Å². The molecule has 2 aromatic carbocycles. The minimum atomic E-state index is -5.08. The van der Waals surface area contributed by atoms with Crippen molar-refractivity contribution in [2.75, 3.05) is 50.1 Å². The normalized spacial score (nSPS) is 13.8. The number of alkyl halides is 3. The number of sulfonamides is 1. The Morgan fingerprint density at radius 2 is 1.64 bits per heavy atom. The van der Waals surface area contributed by atoms with Crippen molar-refractivity contribution in [3.8, 4) is 11.5 Å². The van der Waals surface area contributed by atoms with Gasteiger partial charge in [-0.2, -0.15) is 13.2 Å². The van der Waals surface area contributed by atoms with E-state index in [0.29, 0.717) is 37.7 Å². The highest BCUT2D eigenvalue weighted by atomic mass is 32.2. The van der Waals surface area contributed by atoms with Crippen molar-refractivity contribution in [2.24, 2.45) is 0 Å². The maximum Gasteiger partial charge on any atom is 0.490 e. The van der Waals surface area contributed by atoms with Crippen LogP contribution in [0.2, 0.25) is 0 Å². The molecule has 198 valence electrons. The fraction of sp³-hybridized carbons (Fsp3) is 0.333. The van der Waals surface area contributed by atoms with Crippen molar-refractivity contribution >= 4 is 33.3 Å². The highest BCUT2D eigenvalue weighted by molar-refractivity contribution is 7.92. The Morgan fingerprint density at radius 3 is 2.14 bits per heavy atom. The van der Waals surface area contributed by atoms with Crippen molar-refractivity contribution in [1.82, 2.24) is 0 Å². The van der Waals surface area contributed by atoms with Gasteiger partial charge in [-0.15, -0.1) is 0 Å². The first-order valence-electron chi connectivity index (χ1n) is 10.0. The number of rotatable bonds is 7. The smallest absolute Gasteiger partial charge is 0.490 e. The molecule has 0 unspecified atom stereocenters. The lowest BCUT2D eigenvalue weighted by Gasteiger charge is -2.30. The fourth-order valence-corrected chi connectivity index (χ4v) is 4.29. The van der Waals surface area contributed by atoms with Gasteiger partial charge in [-0.1, -0.05) is 0 Å². The summed E-state index contributed by atoms with van der Waals surface area (Å²) >= 11 is 0. The number of ether oxygens (including phenoxy) is 3. The zero-order valence-corrected chi connectivity index (χ0v) is 19.9. The first kappa shape index (κ1) is 28.5. The molecule has 0 aliphatic carbocycles. The largest absolute Gasteiger partial charge is 0.497 e. The second-order valence-electron chi connectivity index (χ2n) is 7.06. The predicted octanol–water partition coefficient (Wildman–Crippen LogP) is 2.67. The number of nitrogens with zero attached hydrogens (tertiary/aromatic N) is 1. The van der Waals surface area contributed by atoms with Crippen LogP contribution < -0.4 is 19.1 Å². The van der Waals surface area contributed by atoms with E-state index < -0.39 is 28.1 Å². The Bertz CT molecular complexity index is 1200. The van der Waals surface area contributed by atoms with Gasteiger partial charge >= 0.3 is 18.1 Å². The van der Waals surface area contributed by atoms with Gasteiger partial charge in [0.1, 0.15) is 16.4 Å². The van der Waals surface area contributed by atoms with E-state index in [1.54, 1.807) is 12.1 Å². The minimum Gasteiger partial charge on any atom is -0.497 e. The van der Waals surface area contributed by atoms with Gasteiger partial charge in [0, 0.05) is 24.8 Å². The number of hydrogen-bond acceptors (Lipinski definition) is 8. The number of anilines is 2. The molecular formula is C21H23F3N2O9S. The van der Waals surface area contributed by atoms with Crippen LogP contribution in [0.25, 0.3) is 0 Å². The number of hydrogen-bond donors (Lipinski definition) is 3. The molecule has 36 heavy (non-hydrogen) atoms. The highest BCUT2D eigenvalue weighted by Gasteiger charge is 2.38. The maximum absolute atomic E-state index is 12.9. The van der Waals surface area contributed by atoms with Crippen LogP contribution in [0, 0.1) is 0 Å². The summed E-state index contributed by atoms with van der Waals surface area (Å²) in [6.45, 7) is 2.13. The van der Waals surface area contributed by atoms with Crippen LogP contribution in [0.3, 0.4) is 0 Å². The van der Waals surface area contributed by atoms with Gasteiger partial charge < -0.3 is 29.3 Å². The Kier molecular flexibility index (Phi) is 9.35. The van der Waals surface area contributed by atoms with Crippen LogP contribution >= 0.6 is 0 Å². The zero-order valence-electron chi connectivity index (χ0n) is 19.0. The summed E-state index contributed by atoms with van der Waals surface area (Å²) in [6, 6.07) is 8.82. The van der Waals surface area contributed by atoms with Gasteiger partial charge in [0.05, 0.1) is 38.7 Å². The molecule has 0 amide bonds. The molecule has 1 aliphatic heterocycles. The molecule has 15 heteroatoms. The summed E-state index contributed by atoms with van der Waals surface area (Å²) < 4.78 is 75.5. The van der Waals surface area contributed by atoms with E-state index in [2.05, 4.69) is 4.72 Å². The molecule has 3 rings (SSSR count). The summed E-state index contributed by atoms with van der Waals surface area (Å²) in [7, 11) is -1.26. The Hall–Kier alpha value is -3.72. The van der Waals surface area contributed by atoms with Gasteiger partial charge in [-0.3, -0.25) is 4.72 Å². The Morgan fingerprint density at radius 1 is 1.03 bits per heavy atom. The third-order valence-corrected chi connectivity index (χ3v) is 6.14. The zero-order chi connectivity index (χ0) is 27.1. The first-order chi connectivity index (χ1) is 16.8. The van der Waals surface area contributed by atoms with E-state index in [1.807, 2.05) is 4.90 Å². The quantitative estimate of drug-likeness (QED) is 0.482. The van der Waals surface area contributed by atoms with Crippen LogP contribution in [0.4, 0.5) is 24.5 Å². The summed E-state index contributed by atoms with van der Waals surface area (Å²) in [4.78, 5) is 22.4. The van der Waals surface area contributed by atoms with E-state index in [0.717, 1.165) is 0 Å². The summed E-state index contributed by atoms with van der Waals surface area (Å²) in [5, 5.41) is 16.7. The topological polar surface area (TPSA) is 152 Å². The number of methoxy groups -OCH3 is 2. The van der Waals surface area contributed by atoms with E-state index in [9.17, 15) is 31.5 Å². The average Bonchev–Trinajstić information content (AvgIpc) is 2.83. The Labute approximate surface area is 204 Å². The molecule has 3 N–H and O–H groups in total. The average molecular weight is 536 g/mol. The molecule has 0 radical (unpaired) electrons. The number of carbonyl (C=O) groups is 2. The van der Waals surface area contributed by atoms with E-state index in [-0.39, 0.29) is 21.9 Å². The molecule has 0 bridgehead atoms. The van der Waals surface area contributed by atoms with Crippen LogP contribution in [0.5, 0.6) is 11.5 Å². The lowest BCUT2D eigenvalue weighted by atomic mass is 10.1. The SMILES string of the molecule is COc1ccc(OC)c(S(=O)(=O)Nc2ccc(N3CCOCC3)c(C(=O)O)c2)c1.O=C(O)C(F)(F)F. The van der Waals surface area contributed by atoms with Gasteiger partial charge in [0.2, 0.25) is 0 Å². The maximum atomic E-state index is 12.9. The highest BCUT2D eigenvalue weighted by Crippen LogP contribution is 2.31. The minimum absolute atomic E-state index is 0.00436. The lowest BCUT2D eigenvalue weighted by Crippen LogP contribution is -2.37. The second kappa shape index (κ2) is 11.8. The second-order valence-corrected chi connectivity index (χ2v) is 8.71. The Balaban J connectivity index is 0.000000572. The number of aliphatic carboxylic acids is 1. The molecule has 1 saturated heterocycles.